The van der Waals surface area contributed by atoms with E-state index in [9.17, 15) is 13.2 Å². The second-order valence-corrected chi connectivity index (χ2v) is 10.5. The minimum absolute atomic E-state index is 0.0534. The summed E-state index contributed by atoms with van der Waals surface area (Å²) in [7, 11) is -3.70. The van der Waals surface area contributed by atoms with E-state index in [1.165, 1.54) is 15.6 Å². The van der Waals surface area contributed by atoms with E-state index in [0.29, 0.717) is 18.0 Å². The van der Waals surface area contributed by atoms with E-state index in [0.717, 1.165) is 16.7 Å². The average Bonchev–Trinajstić information content (AvgIpc) is 3.28. The van der Waals surface area contributed by atoms with Crippen LogP contribution in [0.1, 0.15) is 29.2 Å². The summed E-state index contributed by atoms with van der Waals surface area (Å²) in [5.74, 6) is -0.456. The molecule has 30 heavy (non-hydrogen) atoms. The van der Waals surface area contributed by atoms with Crippen LogP contribution in [0.15, 0.2) is 70.3 Å². The number of ether oxygens (including phenoxy) is 1. The van der Waals surface area contributed by atoms with Crippen LogP contribution < -0.4 is 0 Å². The summed E-state index contributed by atoms with van der Waals surface area (Å²) in [6, 6.07) is 17.5. The van der Waals surface area contributed by atoms with Crippen molar-refractivity contribution in [2.24, 2.45) is 0 Å². The van der Waals surface area contributed by atoms with E-state index in [2.05, 4.69) is 0 Å². The van der Waals surface area contributed by atoms with Crippen LogP contribution in [0.4, 0.5) is 0 Å². The number of carbonyl (C=O) groups is 1. The van der Waals surface area contributed by atoms with Gasteiger partial charge in [-0.2, -0.15) is 4.31 Å². The molecule has 3 aromatic rings. The molecule has 0 aliphatic carbocycles. The van der Waals surface area contributed by atoms with Gasteiger partial charge < -0.3 is 4.74 Å². The lowest BCUT2D eigenvalue weighted by atomic mass is 9.92. The van der Waals surface area contributed by atoms with Gasteiger partial charge in [-0.3, -0.25) is 4.79 Å². The van der Waals surface area contributed by atoms with Gasteiger partial charge >= 0.3 is 5.97 Å². The number of fused-ring (bicyclic) bond motifs is 1. The van der Waals surface area contributed by atoms with Gasteiger partial charge in [0.1, 0.15) is 10.8 Å². The highest BCUT2D eigenvalue weighted by molar-refractivity contribution is 7.91. The number of sulfonamides is 1. The first-order chi connectivity index (χ1) is 14.4. The van der Waals surface area contributed by atoms with E-state index in [1.54, 1.807) is 35.7 Å². The van der Waals surface area contributed by atoms with Gasteiger partial charge in [0.25, 0.3) is 10.0 Å². The summed E-state index contributed by atoms with van der Waals surface area (Å²) in [4.78, 5) is 12.7. The lowest BCUT2D eigenvalue weighted by molar-refractivity contribution is -0.146. The highest BCUT2D eigenvalue weighted by atomic mass is 35.5. The quantitative estimate of drug-likeness (QED) is 0.493. The van der Waals surface area contributed by atoms with Gasteiger partial charge in [-0.15, -0.1) is 11.3 Å². The normalized spacial score (nSPS) is 16.8. The van der Waals surface area contributed by atoms with E-state index in [-0.39, 0.29) is 17.2 Å². The molecule has 4 rings (SSSR count). The summed E-state index contributed by atoms with van der Waals surface area (Å²) in [5, 5.41) is 2.30. The standard InChI is InChI=1S/C22H20ClNO4S2/c23-18-7-3-5-16(13-18)15-28-21(25)14-20-19-8-2-1-6-17(19)10-11-24(20)30(26,27)22-9-4-12-29-22/h1-9,12-13,20H,10-11,14-15H2/t20-/m1/s1. The van der Waals surface area contributed by atoms with Crippen molar-refractivity contribution < 1.29 is 17.9 Å². The van der Waals surface area contributed by atoms with Crippen LogP contribution in [0.25, 0.3) is 0 Å². The average molecular weight is 462 g/mol. The van der Waals surface area contributed by atoms with Crippen molar-refractivity contribution in [2.75, 3.05) is 6.54 Å². The molecule has 2 aromatic carbocycles. The Bertz CT molecular complexity index is 1150. The van der Waals surface area contributed by atoms with Crippen LogP contribution in [0.2, 0.25) is 5.02 Å². The Morgan fingerprint density at radius 2 is 1.97 bits per heavy atom. The number of halogens is 1. The lowest BCUT2D eigenvalue weighted by Crippen LogP contribution is -2.40. The summed E-state index contributed by atoms with van der Waals surface area (Å²) >= 11 is 7.15. The third-order valence-electron chi connectivity index (χ3n) is 5.07. The van der Waals surface area contributed by atoms with Crippen LogP contribution in [-0.2, 0) is 32.6 Å². The number of thiophene rings is 1. The number of nitrogens with zero attached hydrogens (tertiary/aromatic N) is 1. The molecule has 0 saturated heterocycles. The molecular formula is C22H20ClNO4S2. The molecule has 1 atom stereocenters. The van der Waals surface area contributed by atoms with Gasteiger partial charge in [-0.05, 0) is 46.7 Å². The molecule has 1 aromatic heterocycles. The molecule has 1 aliphatic rings. The molecule has 0 amide bonds. The first-order valence-corrected chi connectivity index (χ1v) is 12.2. The minimum Gasteiger partial charge on any atom is -0.461 e. The maximum atomic E-state index is 13.2. The van der Waals surface area contributed by atoms with Crippen molar-refractivity contribution in [3.8, 4) is 0 Å². The zero-order valence-electron chi connectivity index (χ0n) is 16.0. The van der Waals surface area contributed by atoms with Crippen molar-refractivity contribution in [2.45, 2.75) is 29.7 Å². The Labute approximate surface area is 184 Å². The van der Waals surface area contributed by atoms with Gasteiger partial charge in [0.05, 0.1) is 12.5 Å². The van der Waals surface area contributed by atoms with Crippen LogP contribution in [0, 0.1) is 0 Å². The minimum atomic E-state index is -3.70. The fourth-order valence-corrected chi connectivity index (χ4v) is 6.60. The predicted molar refractivity (Wildman–Crippen MR) is 117 cm³/mol. The number of esters is 1. The number of carbonyl (C=O) groups excluding carboxylic acids is 1. The van der Waals surface area contributed by atoms with Crippen LogP contribution in [0.3, 0.4) is 0 Å². The maximum Gasteiger partial charge on any atom is 0.308 e. The third kappa shape index (κ3) is 4.44. The fraction of sp³-hybridized carbons (Fsp3) is 0.227. The van der Waals surface area contributed by atoms with E-state index < -0.39 is 22.0 Å². The highest BCUT2D eigenvalue weighted by Crippen LogP contribution is 2.37. The monoisotopic (exact) mass is 461 g/mol. The van der Waals surface area contributed by atoms with Crippen LogP contribution in [-0.4, -0.2) is 25.2 Å². The number of hydrogen-bond acceptors (Lipinski definition) is 5. The molecule has 0 unspecified atom stereocenters. The van der Waals surface area contributed by atoms with Crippen molar-refractivity contribution in [1.82, 2.24) is 4.31 Å². The molecule has 1 aliphatic heterocycles. The third-order valence-corrected chi connectivity index (χ3v) is 8.59. The highest BCUT2D eigenvalue weighted by Gasteiger charge is 2.38. The van der Waals surface area contributed by atoms with E-state index >= 15 is 0 Å². The van der Waals surface area contributed by atoms with E-state index in [4.69, 9.17) is 16.3 Å². The maximum absolute atomic E-state index is 13.2. The Kier molecular flexibility index (Phi) is 6.24. The second-order valence-electron chi connectivity index (χ2n) is 7.01. The summed E-state index contributed by atoms with van der Waals surface area (Å²) in [6.07, 6.45) is 0.553. The Morgan fingerprint density at radius 1 is 1.13 bits per heavy atom. The number of hydrogen-bond donors (Lipinski definition) is 0. The summed E-state index contributed by atoms with van der Waals surface area (Å²) < 4.78 is 33.6. The Hall–Kier alpha value is -2.19. The van der Waals surface area contributed by atoms with Crippen molar-refractivity contribution >= 4 is 38.9 Å². The Morgan fingerprint density at radius 3 is 2.73 bits per heavy atom. The molecule has 5 nitrogen and oxygen atoms in total. The van der Waals surface area contributed by atoms with Crippen molar-refractivity contribution in [3.63, 3.8) is 0 Å². The van der Waals surface area contributed by atoms with Gasteiger partial charge in [-0.1, -0.05) is 54.1 Å². The number of benzene rings is 2. The molecule has 0 bridgehead atoms. The molecule has 0 saturated carbocycles. The van der Waals surface area contributed by atoms with Gasteiger partial charge in [0, 0.05) is 11.6 Å². The SMILES string of the molecule is O=C(C[C@@H]1c2ccccc2CCN1S(=O)(=O)c1cccs1)OCc1cccc(Cl)c1. The predicted octanol–water partition coefficient (Wildman–Crippen LogP) is 4.82. The fourth-order valence-electron chi connectivity index (χ4n) is 3.66. The zero-order chi connectivity index (χ0) is 21.1. The van der Waals surface area contributed by atoms with Crippen molar-refractivity contribution in [3.05, 3.63) is 87.8 Å². The smallest absolute Gasteiger partial charge is 0.308 e. The van der Waals surface area contributed by atoms with E-state index in [1.807, 2.05) is 30.3 Å². The summed E-state index contributed by atoms with van der Waals surface area (Å²) in [6.45, 7) is 0.412. The summed E-state index contributed by atoms with van der Waals surface area (Å²) in [5.41, 5.74) is 2.69. The zero-order valence-corrected chi connectivity index (χ0v) is 18.4. The van der Waals surface area contributed by atoms with Crippen LogP contribution >= 0.6 is 22.9 Å². The van der Waals surface area contributed by atoms with Gasteiger partial charge in [0.15, 0.2) is 0 Å². The molecule has 0 N–H and O–H groups in total. The Balaban J connectivity index is 1.57. The molecule has 8 heteroatoms. The molecule has 2 heterocycles. The van der Waals surface area contributed by atoms with Crippen LogP contribution in [0.5, 0.6) is 0 Å². The van der Waals surface area contributed by atoms with Crippen molar-refractivity contribution in [1.29, 1.82) is 0 Å². The second kappa shape index (κ2) is 8.89. The largest absolute Gasteiger partial charge is 0.461 e. The molecule has 0 spiro atoms. The molecule has 156 valence electrons. The molecule has 0 radical (unpaired) electrons. The molecule has 0 fully saturated rings. The van der Waals surface area contributed by atoms with Gasteiger partial charge in [-0.25, -0.2) is 8.42 Å². The molecular weight excluding hydrogens is 442 g/mol. The first-order valence-electron chi connectivity index (χ1n) is 9.48. The lowest BCUT2D eigenvalue weighted by Gasteiger charge is -2.35. The first kappa shape index (κ1) is 21.1. The van der Waals surface area contributed by atoms with Gasteiger partial charge in [0.2, 0.25) is 0 Å². The topological polar surface area (TPSA) is 63.7 Å². The number of rotatable bonds is 6.